The van der Waals surface area contributed by atoms with Gasteiger partial charge in [0.25, 0.3) is 0 Å². The molecule has 1 heterocycles. The van der Waals surface area contributed by atoms with E-state index in [0.717, 1.165) is 42.1 Å². The summed E-state index contributed by atoms with van der Waals surface area (Å²) in [6, 6.07) is 10.3. The average Bonchev–Trinajstić information content (AvgIpc) is 2.63. The molecule has 1 atom stereocenters. The fourth-order valence-electron chi connectivity index (χ4n) is 2.81. The Morgan fingerprint density at radius 2 is 2.06 bits per heavy atom. The van der Waals surface area contributed by atoms with Crippen molar-refractivity contribution in [3.05, 3.63) is 42.1 Å². The Balaban J connectivity index is 1.99. The fraction of sp³-hybridized carbons (Fsp3) is 0.375. The summed E-state index contributed by atoms with van der Waals surface area (Å²) in [5.41, 5.74) is 2.14. The third-order valence-electron chi connectivity index (χ3n) is 3.84. The second-order valence-electron chi connectivity index (χ2n) is 5.07. The van der Waals surface area contributed by atoms with Gasteiger partial charge in [0.2, 0.25) is 0 Å². The number of hydrogen-bond donors (Lipinski definition) is 0. The second kappa shape index (κ2) is 4.89. The highest BCUT2D eigenvalue weighted by atomic mass is 16.1. The minimum Gasteiger partial charge on any atom is -0.299 e. The van der Waals surface area contributed by atoms with Crippen molar-refractivity contribution in [3.8, 4) is 0 Å². The van der Waals surface area contributed by atoms with Crippen molar-refractivity contribution in [2.24, 2.45) is 0 Å². The van der Waals surface area contributed by atoms with Crippen LogP contribution in [0.5, 0.6) is 0 Å². The maximum Gasteiger partial charge on any atom is 0.140 e. The molecule has 0 bridgehead atoms. The predicted molar refractivity (Wildman–Crippen MR) is 72.6 cm³/mol. The van der Waals surface area contributed by atoms with E-state index in [1.165, 1.54) is 6.42 Å². The van der Waals surface area contributed by atoms with E-state index >= 15 is 0 Å². The average molecular weight is 239 g/mol. The molecule has 2 nitrogen and oxygen atoms in total. The van der Waals surface area contributed by atoms with E-state index in [1.54, 1.807) is 6.20 Å². The van der Waals surface area contributed by atoms with Crippen LogP contribution in [0.1, 0.15) is 43.6 Å². The van der Waals surface area contributed by atoms with E-state index < -0.39 is 0 Å². The van der Waals surface area contributed by atoms with Crippen LogP contribution in [0.4, 0.5) is 0 Å². The fourth-order valence-corrected chi connectivity index (χ4v) is 2.81. The quantitative estimate of drug-likeness (QED) is 0.707. The maximum absolute atomic E-state index is 12.1. The number of carbonyl (C=O) groups excluding carboxylic acids is 1. The van der Waals surface area contributed by atoms with Gasteiger partial charge >= 0.3 is 0 Å². The van der Waals surface area contributed by atoms with Gasteiger partial charge < -0.3 is 0 Å². The van der Waals surface area contributed by atoms with Gasteiger partial charge in [-0.25, -0.2) is 0 Å². The standard InChI is InChI=1S/C16H17NO/c18-16-7-3-1-2-6-14(16)13-9-8-12-5-4-10-17-15(12)11-13/h4-5,8-11,14H,1-3,6-7H2. The maximum atomic E-state index is 12.1. The van der Waals surface area contributed by atoms with Gasteiger partial charge in [0, 0.05) is 23.9 Å². The number of ketones is 1. The molecule has 3 rings (SSSR count). The summed E-state index contributed by atoms with van der Waals surface area (Å²) >= 11 is 0. The van der Waals surface area contributed by atoms with Crippen molar-refractivity contribution in [2.75, 3.05) is 0 Å². The molecule has 1 aliphatic rings. The third kappa shape index (κ3) is 2.15. The monoisotopic (exact) mass is 239 g/mol. The SMILES string of the molecule is O=C1CCCCCC1c1ccc2cccnc2c1. The molecule has 1 unspecified atom stereocenters. The third-order valence-corrected chi connectivity index (χ3v) is 3.84. The Morgan fingerprint density at radius 3 is 3.00 bits per heavy atom. The first kappa shape index (κ1) is 11.4. The first-order chi connectivity index (χ1) is 8.84. The molecule has 0 amide bonds. The number of aromatic nitrogens is 1. The van der Waals surface area contributed by atoms with Crippen molar-refractivity contribution in [3.63, 3.8) is 0 Å². The van der Waals surface area contributed by atoms with Crippen molar-refractivity contribution in [2.45, 2.75) is 38.0 Å². The normalized spacial score (nSPS) is 20.9. The van der Waals surface area contributed by atoms with Crippen LogP contribution in [0.2, 0.25) is 0 Å². The molecule has 1 aromatic carbocycles. The van der Waals surface area contributed by atoms with E-state index in [-0.39, 0.29) is 5.92 Å². The molecular weight excluding hydrogens is 222 g/mol. The van der Waals surface area contributed by atoms with Crippen LogP contribution >= 0.6 is 0 Å². The highest BCUT2D eigenvalue weighted by Crippen LogP contribution is 2.30. The van der Waals surface area contributed by atoms with Gasteiger partial charge in [-0.05, 0) is 30.5 Å². The van der Waals surface area contributed by atoms with Crippen molar-refractivity contribution in [1.29, 1.82) is 0 Å². The minimum atomic E-state index is 0.0962. The molecular formula is C16H17NO. The molecule has 0 saturated heterocycles. The van der Waals surface area contributed by atoms with Crippen LogP contribution < -0.4 is 0 Å². The summed E-state index contributed by atoms with van der Waals surface area (Å²) < 4.78 is 0. The molecule has 0 radical (unpaired) electrons. The molecule has 18 heavy (non-hydrogen) atoms. The summed E-state index contributed by atoms with van der Waals surface area (Å²) in [5.74, 6) is 0.502. The number of fused-ring (bicyclic) bond motifs is 1. The number of benzene rings is 1. The summed E-state index contributed by atoms with van der Waals surface area (Å²) in [7, 11) is 0. The molecule has 1 aromatic heterocycles. The van der Waals surface area contributed by atoms with Gasteiger partial charge in [0.15, 0.2) is 0 Å². The van der Waals surface area contributed by atoms with Crippen LogP contribution in [-0.2, 0) is 4.79 Å². The first-order valence-corrected chi connectivity index (χ1v) is 6.72. The number of rotatable bonds is 1. The zero-order chi connectivity index (χ0) is 12.4. The van der Waals surface area contributed by atoms with E-state index in [2.05, 4.69) is 29.2 Å². The van der Waals surface area contributed by atoms with Gasteiger partial charge in [-0.1, -0.05) is 31.0 Å². The number of carbonyl (C=O) groups is 1. The Kier molecular flexibility index (Phi) is 3.09. The lowest BCUT2D eigenvalue weighted by atomic mass is 9.90. The molecule has 1 aliphatic carbocycles. The summed E-state index contributed by atoms with van der Waals surface area (Å²) in [6.45, 7) is 0. The Morgan fingerprint density at radius 1 is 1.11 bits per heavy atom. The topological polar surface area (TPSA) is 30.0 Å². The van der Waals surface area contributed by atoms with Crippen LogP contribution in [0, 0.1) is 0 Å². The molecule has 0 aliphatic heterocycles. The zero-order valence-electron chi connectivity index (χ0n) is 10.4. The molecule has 1 fully saturated rings. The Labute approximate surface area is 107 Å². The number of pyridine rings is 1. The highest BCUT2D eigenvalue weighted by molar-refractivity contribution is 5.88. The van der Waals surface area contributed by atoms with Crippen molar-refractivity contribution >= 4 is 16.7 Å². The Bertz CT molecular complexity index is 576. The van der Waals surface area contributed by atoms with Gasteiger partial charge in [-0.3, -0.25) is 9.78 Å². The van der Waals surface area contributed by atoms with Crippen molar-refractivity contribution in [1.82, 2.24) is 4.98 Å². The highest BCUT2D eigenvalue weighted by Gasteiger charge is 2.22. The largest absolute Gasteiger partial charge is 0.299 e. The Hall–Kier alpha value is -1.70. The molecule has 0 N–H and O–H groups in total. The number of hydrogen-bond acceptors (Lipinski definition) is 2. The summed E-state index contributed by atoms with van der Waals surface area (Å²) in [6.07, 6.45) is 6.95. The smallest absolute Gasteiger partial charge is 0.140 e. The van der Waals surface area contributed by atoms with Crippen LogP contribution in [-0.4, -0.2) is 10.8 Å². The lowest BCUT2D eigenvalue weighted by Crippen LogP contribution is -2.10. The summed E-state index contributed by atoms with van der Waals surface area (Å²) in [4.78, 5) is 16.5. The first-order valence-electron chi connectivity index (χ1n) is 6.72. The van der Waals surface area contributed by atoms with Gasteiger partial charge in [-0.15, -0.1) is 0 Å². The van der Waals surface area contributed by atoms with E-state index in [0.29, 0.717) is 5.78 Å². The predicted octanol–water partition coefficient (Wildman–Crippen LogP) is 3.85. The van der Waals surface area contributed by atoms with Crippen LogP contribution in [0.3, 0.4) is 0 Å². The van der Waals surface area contributed by atoms with Gasteiger partial charge in [0.1, 0.15) is 5.78 Å². The lowest BCUT2D eigenvalue weighted by molar-refractivity contribution is -0.120. The lowest BCUT2D eigenvalue weighted by Gasteiger charge is -2.13. The van der Waals surface area contributed by atoms with E-state index in [9.17, 15) is 4.79 Å². The molecule has 92 valence electrons. The molecule has 0 spiro atoms. The molecule has 2 aromatic rings. The number of nitrogens with zero attached hydrogens (tertiary/aromatic N) is 1. The number of Topliss-reactive ketones (excluding diaryl/α,β-unsaturated/α-hetero) is 1. The van der Waals surface area contributed by atoms with Gasteiger partial charge in [-0.2, -0.15) is 0 Å². The minimum absolute atomic E-state index is 0.0962. The molecule has 2 heteroatoms. The summed E-state index contributed by atoms with van der Waals surface area (Å²) in [5, 5.41) is 1.14. The zero-order valence-corrected chi connectivity index (χ0v) is 10.4. The second-order valence-corrected chi connectivity index (χ2v) is 5.07. The van der Waals surface area contributed by atoms with Gasteiger partial charge in [0.05, 0.1) is 5.52 Å². The van der Waals surface area contributed by atoms with Crippen LogP contribution in [0.25, 0.3) is 10.9 Å². The molecule has 1 saturated carbocycles. The van der Waals surface area contributed by atoms with E-state index in [1.807, 2.05) is 6.07 Å². The van der Waals surface area contributed by atoms with E-state index in [4.69, 9.17) is 0 Å². The van der Waals surface area contributed by atoms with Crippen LogP contribution in [0.15, 0.2) is 36.5 Å². The van der Waals surface area contributed by atoms with Crippen molar-refractivity contribution < 1.29 is 4.79 Å².